The molecule has 0 unspecified atom stereocenters. The lowest BCUT2D eigenvalue weighted by atomic mass is 10.2. The normalized spacial score (nSPS) is 11.2. The van der Waals surface area contributed by atoms with Crippen LogP contribution in [0.4, 0.5) is 0 Å². The van der Waals surface area contributed by atoms with E-state index in [1.807, 2.05) is 13.1 Å². The molecule has 0 radical (unpaired) electrons. The molecule has 0 bridgehead atoms. The third kappa shape index (κ3) is 2.37. The van der Waals surface area contributed by atoms with Crippen LogP contribution in [0.1, 0.15) is 10.6 Å². The molecule has 0 aliphatic heterocycles. The number of benzene rings is 2. The fourth-order valence-electron chi connectivity index (χ4n) is 2.08. The van der Waals surface area contributed by atoms with Crippen LogP contribution in [0, 0.1) is 0 Å². The van der Waals surface area contributed by atoms with Crippen molar-refractivity contribution in [2.45, 2.75) is 0 Å². The predicted octanol–water partition coefficient (Wildman–Crippen LogP) is 3.53. The van der Waals surface area contributed by atoms with Crippen LogP contribution < -0.4 is 10.1 Å². The molecule has 0 fully saturated rings. The smallest absolute Gasteiger partial charge is 0.194 e. The van der Waals surface area contributed by atoms with Gasteiger partial charge in [-0.25, -0.2) is 0 Å². The van der Waals surface area contributed by atoms with Crippen LogP contribution in [0.15, 0.2) is 54.6 Å². The summed E-state index contributed by atoms with van der Waals surface area (Å²) in [6, 6.07) is 18.8. The van der Waals surface area contributed by atoms with Crippen molar-refractivity contribution in [2.24, 2.45) is 0 Å². The topological polar surface area (TPSA) is 15.9 Å². The number of fused-ring (bicyclic) bond motifs is 1. The van der Waals surface area contributed by atoms with Crippen LogP contribution in [-0.2, 0) is 0 Å². The van der Waals surface area contributed by atoms with Gasteiger partial charge in [-0.05, 0) is 17.7 Å². The minimum absolute atomic E-state index is 1.19. The van der Waals surface area contributed by atoms with Gasteiger partial charge in [0.1, 0.15) is 4.70 Å². The van der Waals surface area contributed by atoms with E-state index < -0.39 is 0 Å². The summed E-state index contributed by atoms with van der Waals surface area (Å²) in [4.78, 5) is 0. The molecule has 3 aromatic rings. The lowest BCUT2D eigenvalue weighted by Gasteiger charge is -1.92. The molecule has 19 heavy (non-hydrogen) atoms. The maximum atomic E-state index is 3.23. The average molecular weight is 267 g/mol. The molecule has 0 saturated heterocycles. The summed E-state index contributed by atoms with van der Waals surface area (Å²) in [7, 11) is 1.94. The highest BCUT2D eigenvalue weighted by Gasteiger charge is 2.16. The van der Waals surface area contributed by atoms with Crippen LogP contribution in [0.3, 0.4) is 0 Å². The fourth-order valence-corrected chi connectivity index (χ4v) is 3.13. The molecule has 0 aliphatic carbocycles. The Labute approximate surface area is 116 Å². The van der Waals surface area contributed by atoms with Gasteiger partial charge < -0.3 is 0 Å². The summed E-state index contributed by atoms with van der Waals surface area (Å²) in [5, 5.41) is 1.19. The molecule has 0 aliphatic rings. The predicted molar refractivity (Wildman–Crippen MR) is 82.7 cm³/mol. The Morgan fingerprint density at radius 2 is 1.68 bits per heavy atom. The van der Waals surface area contributed by atoms with Crippen LogP contribution in [0.25, 0.3) is 22.4 Å². The number of nitrogens with zero attached hydrogens (tertiary/aromatic N) is 1. The zero-order chi connectivity index (χ0) is 13.1. The van der Waals surface area contributed by atoms with Crippen molar-refractivity contribution in [1.82, 2.24) is 0 Å². The zero-order valence-corrected chi connectivity index (χ0v) is 11.5. The number of thiazole rings is 1. The Morgan fingerprint density at radius 3 is 2.47 bits per heavy atom. The van der Waals surface area contributed by atoms with Crippen molar-refractivity contribution in [2.75, 3.05) is 12.5 Å². The van der Waals surface area contributed by atoms with Gasteiger partial charge in [0, 0.05) is 12.1 Å². The second-order valence-corrected chi connectivity index (χ2v) is 5.27. The summed E-state index contributed by atoms with van der Waals surface area (Å²) in [5.41, 5.74) is 5.65. The third-order valence-electron chi connectivity index (χ3n) is 2.98. The van der Waals surface area contributed by atoms with Gasteiger partial charge in [-0.15, -0.1) is 0 Å². The molecule has 3 rings (SSSR count). The molecule has 0 saturated carbocycles. The maximum Gasteiger partial charge on any atom is 0.291 e. The second kappa shape index (κ2) is 5.24. The van der Waals surface area contributed by atoms with E-state index in [-0.39, 0.29) is 0 Å². The number of para-hydroxylation sites is 1. The fraction of sp³-hybridized carbons (Fsp3) is 0.0625. The van der Waals surface area contributed by atoms with Crippen molar-refractivity contribution in [3.8, 4) is 0 Å². The van der Waals surface area contributed by atoms with E-state index in [2.05, 4.69) is 70.8 Å². The van der Waals surface area contributed by atoms with Crippen LogP contribution in [0.5, 0.6) is 0 Å². The number of nitrogens with one attached hydrogen (secondary N) is 1. The van der Waals surface area contributed by atoms with E-state index in [0.717, 1.165) is 0 Å². The SMILES string of the molecule is CN[n+]1c(C=Cc2ccccc2)sc2ccccc21. The molecule has 0 amide bonds. The van der Waals surface area contributed by atoms with Crippen molar-refractivity contribution >= 4 is 33.7 Å². The quantitative estimate of drug-likeness (QED) is 0.718. The van der Waals surface area contributed by atoms with Gasteiger partial charge in [0.05, 0.1) is 7.05 Å². The van der Waals surface area contributed by atoms with E-state index in [0.29, 0.717) is 0 Å². The summed E-state index contributed by atoms with van der Waals surface area (Å²) in [6.45, 7) is 0. The van der Waals surface area contributed by atoms with Crippen molar-refractivity contribution in [1.29, 1.82) is 0 Å². The lowest BCUT2D eigenvalue weighted by molar-refractivity contribution is -0.617. The van der Waals surface area contributed by atoms with E-state index in [9.17, 15) is 0 Å². The largest absolute Gasteiger partial charge is 0.291 e. The van der Waals surface area contributed by atoms with Crippen LogP contribution >= 0.6 is 11.3 Å². The second-order valence-electron chi connectivity index (χ2n) is 4.21. The summed E-state index contributed by atoms with van der Waals surface area (Å²) in [6.07, 6.45) is 4.29. The van der Waals surface area contributed by atoms with Crippen LogP contribution in [-0.4, -0.2) is 7.05 Å². The van der Waals surface area contributed by atoms with E-state index in [1.165, 1.54) is 20.8 Å². The highest BCUT2D eigenvalue weighted by Crippen LogP contribution is 2.21. The monoisotopic (exact) mass is 267 g/mol. The van der Waals surface area contributed by atoms with Crippen LogP contribution in [0.2, 0.25) is 0 Å². The first-order chi connectivity index (χ1) is 9.38. The van der Waals surface area contributed by atoms with Crippen molar-refractivity contribution in [3.63, 3.8) is 0 Å². The minimum atomic E-state index is 1.19. The third-order valence-corrected chi connectivity index (χ3v) is 4.08. The average Bonchev–Trinajstić information content (AvgIpc) is 2.83. The van der Waals surface area contributed by atoms with Gasteiger partial charge in [-0.3, -0.25) is 0 Å². The van der Waals surface area contributed by atoms with E-state index >= 15 is 0 Å². The molecule has 2 nitrogen and oxygen atoms in total. The summed E-state index contributed by atoms with van der Waals surface area (Å²) < 4.78 is 3.39. The Morgan fingerprint density at radius 1 is 0.947 bits per heavy atom. The Hall–Kier alpha value is -2.13. The Balaban J connectivity index is 2.03. The molecule has 1 N–H and O–H groups in total. The molecule has 0 spiro atoms. The van der Waals surface area contributed by atoms with Gasteiger partial charge in [0.15, 0.2) is 0 Å². The van der Waals surface area contributed by atoms with Gasteiger partial charge >= 0.3 is 0 Å². The summed E-state index contributed by atoms with van der Waals surface area (Å²) in [5.74, 6) is 0. The molecule has 0 atom stereocenters. The summed E-state index contributed by atoms with van der Waals surface area (Å²) >= 11 is 1.78. The molecular formula is C16H15N2S+. The first-order valence-corrected chi connectivity index (χ1v) is 7.04. The van der Waals surface area contributed by atoms with E-state index in [4.69, 9.17) is 0 Å². The molecule has 94 valence electrons. The molecule has 1 heterocycles. The minimum Gasteiger partial charge on any atom is -0.194 e. The molecule has 3 heteroatoms. The maximum absolute atomic E-state index is 3.23. The number of rotatable bonds is 3. The van der Waals surface area contributed by atoms with E-state index in [1.54, 1.807) is 11.3 Å². The Bertz CT molecular complexity index is 714. The highest BCUT2D eigenvalue weighted by atomic mass is 32.1. The van der Waals surface area contributed by atoms with Crippen molar-refractivity contribution in [3.05, 3.63) is 65.2 Å². The molecule has 1 aromatic heterocycles. The number of hydrogen-bond acceptors (Lipinski definition) is 2. The lowest BCUT2D eigenvalue weighted by Crippen LogP contribution is -2.43. The van der Waals surface area contributed by atoms with Gasteiger partial charge in [0.25, 0.3) is 10.5 Å². The highest BCUT2D eigenvalue weighted by molar-refractivity contribution is 7.18. The Kier molecular flexibility index (Phi) is 3.29. The first kappa shape index (κ1) is 11.9. The zero-order valence-electron chi connectivity index (χ0n) is 10.7. The van der Waals surface area contributed by atoms with Gasteiger partial charge in [-0.2, -0.15) is 5.43 Å². The first-order valence-electron chi connectivity index (χ1n) is 6.23. The number of aromatic nitrogens is 1. The molecule has 2 aromatic carbocycles. The number of hydrogen-bond donors (Lipinski definition) is 1. The van der Waals surface area contributed by atoms with Gasteiger partial charge in [0.2, 0.25) is 0 Å². The molecular weight excluding hydrogens is 252 g/mol. The van der Waals surface area contributed by atoms with Gasteiger partial charge in [-0.1, -0.05) is 58.5 Å². The standard InChI is InChI=1S/C16H15N2S/c1-17-18-14-9-5-6-10-15(14)19-16(18)12-11-13-7-3-2-4-8-13/h2-12,17H,1H3/q+1. The van der Waals surface area contributed by atoms with Crippen molar-refractivity contribution < 1.29 is 4.68 Å².